The highest BCUT2D eigenvalue weighted by Gasteiger charge is 2.10. The maximum atomic E-state index is 12.1. The van der Waals surface area contributed by atoms with Crippen LogP contribution in [0, 0.1) is 0 Å². The molecule has 0 atom stereocenters. The molecule has 8 nitrogen and oxygen atoms in total. The molecule has 1 N–H and O–H groups in total. The molecule has 122 valence electrons. The van der Waals surface area contributed by atoms with E-state index < -0.39 is 0 Å². The summed E-state index contributed by atoms with van der Waals surface area (Å²) < 4.78 is 3.04. The van der Waals surface area contributed by atoms with Gasteiger partial charge in [0.25, 0.3) is 11.5 Å². The molecule has 3 heterocycles. The Kier molecular flexibility index (Phi) is 4.46. The maximum absolute atomic E-state index is 12.1. The molecule has 0 spiro atoms. The highest BCUT2D eigenvalue weighted by atomic mass is 16.2. The minimum absolute atomic E-state index is 0.202. The van der Waals surface area contributed by atoms with E-state index in [1.165, 1.54) is 19.2 Å². The molecule has 8 heteroatoms. The predicted molar refractivity (Wildman–Crippen MR) is 87.3 cm³/mol. The summed E-state index contributed by atoms with van der Waals surface area (Å²) in [6.07, 6.45) is 5.24. The number of nitrogens with zero attached hydrogens (tertiary/aromatic N) is 5. The Bertz CT molecular complexity index is 900. The number of aromatic nitrogens is 5. The number of amides is 1. The van der Waals surface area contributed by atoms with E-state index in [2.05, 4.69) is 20.4 Å². The van der Waals surface area contributed by atoms with Gasteiger partial charge in [0.05, 0.1) is 0 Å². The third-order valence-corrected chi connectivity index (χ3v) is 3.44. The predicted octanol–water partition coefficient (Wildman–Crippen LogP) is 0.469. The summed E-state index contributed by atoms with van der Waals surface area (Å²) in [7, 11) is 1.50. The molecular formula is C16H16N6O2. The van der Waals surface area contributed by atoms with Crippen molar-refractivity contribution in [2.75, 3.05) is 6.54 Å². The Hall–Kier alpha value is -3.29. The summed E-state index contributed by atoms with van der Waals surface area (Å²) in [6, 6.07) is 8.35. The first-order valence-corrected chi connectivity index (χ1v) is 7.40. The Morgan fingerprint density at radius 2 is 2.04 bits per heavy atom. The summed E-state index contributed by atoms with van der Waals surface area (Å²) in [4.78, 5) is 31.9. The lowest BCUT2D eigenvalue weighted by atomic mass is 10.3. The molecule has 0 saturated carbocycles. The van der Waals surface area contributed by atoms with Gasteiger partial charge in [-0.25, -0.2) is 9.67 Å². The smallest absolute Gasteiger partial charge is 0.271 e. The van der Waals surface area contributed by atoms with Gasteiger partial charge in [0.2, 0.25) is 0 Å². The van der Waals surface area contributed by atoms with Crippen molar-refractivity contribution in [2.24, 2.45) is 7.05 Å². The van der Waals surface area contributed by atoms with Crippen molar-refractivity contribution in [3.05, 3.63) is 65.0 Å². The third kappa shape index (κ3) is 3.37. The number of aryl methyl sites for hydroxylation is 1. The van der Waals surface area contributed by atoms with Crippen LogP contribution in [0.15, 0.2) is 53.7 Å². The van der Waals surface area contributed by atoms with Gasteiger partial charge in [-0.1, -0.05) is 6.07 Å². The fraction of sp³-hybridized carbons (Fsp3) is 0.188. The molecule has 0 aliphatic carbocycles. The van der Waals surface area contributed by atoms with Crippen molar-refractivity contribution in [1.82, 2.24) is 29.6 Å². The second-order valence-electron chi connectivity index (χ2n) is 5.10. The number of nitrogens with one attached hydrogen (secondary N) is 1. The van der Waals surface area contributed by atoms with Gasteiger partial charge in [-0.15, -0.1) is 0 Å². The summed E-state index contributed by atoms with van der Waals surface area (Å²) in [5.41, 5.74) is 0.714. The average molecular weight is 324 g/mol. The molecule has 3 aromatic heterocycles. The molecule has 3 rings (SSSR count). The van der Waals surface area contributed by atoms with Crippen molar-refractivity contribution in [2.45, 2.75) is 6.54 Å². The first-order valence-electron chi connectivity index (χ1n) is 7.40. The van der Waals surface area contributed by atoms with Gasteiger partial charge in [-0.2, -0.15) is 5.10 Å². The summed E-state index contributed by atoms with van der Waals surface area (Å²) in [5, 5.41) is 6.69. The lowest BCUT2D eigenvalue weighted by Gasteiger charge is -2.09. The van der Waals surface area contributed by atoms with Gasteiger partial charge in [0, 0.05) is 44.8 Å². The number of hydrogen-bond donors (Lipinski definition) is 1. The van der Waals surface area contributed by atoms with Crippen molar-refractivity contribution in [3.63, 3.8) is 0 Å². The molecule has 0 aliphatic heterocycles. The van der Waals surface area contributed by atoms with Crippen LogP contribution in [0.5, 0.6) is 0 Å². The van der Waals surface area contributed by atoms with Crippen molar-refractivity contribution in [1.29, 1.82) is 0 Å². The second-order valence-corrected chi connectivity index (χ2v) is 5.10. The first-order chi connectivity index (χ1) is 11.6. The van der Waals surface area contributed by atoms with Crippen LogP contribution in [0.1, 0.15) is 10.5 Å². The second kappa shape index (κ2) is 6.86. The molecule has 0 aliphatic rings. The van der Waals surface area contributed by atoms with Crippen LogP contribution in [0.2, 0.25) is 0 Å². The van der Waals surface area contributed by atoms with E-state index in [0.717, 1.165) is 16.2 Å². The molecule has 0 saturated heterocycles. The molecule has 24 heavy (non-hydrogen) atoms. The van der Waals surface area contributed by atoms with E-state index in [4.69, 9.17) is 0 Å². The van der Waals surface area contributed by atoms with Crippen molar-refractivity contribution < 1.29 is 4.79 Å². The number of carbonyl (C=O) groups excluding carboxylic acids is 1. The van der Waals surface area contributed by atoms with Crippen LogP contribution in [-0.2, 0) is 13.6 Å². The summed E-state index contributed by atoms with van der Waals surface area (Å²) in [5.74, 6) is 0.412. The zero-order valence-corrected chi connectivity index (χ0v) is 13.1. The van der Waals surface area contributed by atoms with Crippen molar-refractivity contribution >= 4 is 5.91 Å². The van der Waals surface area contributed by atoms with E-state index in [1.807, 2.05) is 29.0 Å². The lowest BCUT2D eigenvalue weighted by Crippen LogP contribution is -2.30. The molecule has 3 aromatic rings. The molecule has 1 amide bonds. The van der Waals surface area contributed by atoms with Crippen LogP contribution in [0.4, 0.5) is 0 Å². The van der Waals surface area contributed by atoms with Gasteiger partial charge < -0.3 is 9.88 Å². The standard InChI is InChI=1S/C16H16N6O2/c1-21-14(23)6-5-13(20-21)16(24)19-9-11-22-10-8-18-15(22)12-4-2-3-7-17-12/h2-8,10H,9,11H2,1H3,(H,19,24). The highest BCUT2D eigenvalue weighted by molar-refractivity contribution is 5.91. The Morgan fingerprint density at radius 3 is 2.79 bits per heavy atom. The Balaban J connectivity index is 1.63. The molecule has 0 unspecified atom stereocenters. The number of rotatable bonds is 5. The molecule has 0 aromatic carbocycles. The summed E-state index contributed by atoms with van der Waals surface area (Å²) >= 11 is 0. The van der Waals surface area contributed by atoms with Gasteiger partial charge >= 0.3 is 0 Å². The minimum atomic E-state index is -0.329. The average Bonchev–Trinajstić information content (AvgIpc) is 3.06. The summed E-state index contributed by atoms with van der Waals surface area (Å²) in [6.45, 7) is 0.947. The van der Waals surface area contributed by atoms with Crippen LogP contribution in [0.3, 0.4) is 0 Å². The number of pyridine rings is 1. The number of imidazole rings is 1. The molecule has 0 radical (unpaired) electrons. The molecule has 0 fully saturated rings. The zero-order chi connectivity index (χ0) is 16.9. The van der Waals surface area contributed by atoms with Crippen LogP contribution in [0.25, 0.3) is 11.5 Å². The van der Waals surface area contributed by atoms with Gasteiger partial charge in [-0.3, -0.25) is 14.6 Å². The largest absolute Gasteiger partial charge is 0.349 e. The topological polar surface area (TPSA) is 94.7 Å². The van der Waals surface area contributed by atoms with Gasteiger partial charge in [0.1, 0.15) is 11.4 Å². The van der Waals surface area contributed by atoms with Crippen molar-refractivity contribution in [3.8, 4) is 11.5 Å². The minimum Gasteiger partial charge on any atom is -0.349 e. The SMILES string of the molecule is Cn1nc(C(=O)NCCn2ccnc2-c2ccccn2)ccc1=O. The van der Waals surface area contributed by atoms with Crippen LogP contribution in [-0.4, -0.2) is 36.8 Å². The fourth-order valence-corrected chi connectivity index (χ4v) is 2.22. The number of hydrogen-bond acceptors (Lipinski definition) is 5. The Labute approximate surface area is 137 Å². The van der Waals surface area contributed by atoms with Gasteiger partial charge in [0.15, 0.2) is 5.82 Å². The third-order valence-electron chi connectivity index (χ3n) is 3.44. The quantitative estimate of drug-likeness (QED) is 0.736. The fourth-order valence-electron chi connectivity index (χ4n) is 2.22. The normalized spacial score (nSPS) is 10.5. The van der Waals surface area contributed by atoms with E-state index >= 15 is 0 Å². The van der Waals surface area contributed by atoms with Crippen LogP contribution >= 0.6 is 0 Å². The van der Waals surface area contributed by atoms with E-state index in [1.54, 1.807) is 12.4 Å². The molecule has 0 bridgehead atoms. The van der Waals surface area contributed by atoms with Crippen LogP contribution < -0.4 is 10.9 Å². The van der Waals surface area contributed by atoms with E-state index in [0.29, 0.717) is 13.1 Å². The zero-order valence-electron chi connectivity index (χ0n) is 13.1. The first kappa shape index (κ1) is 15.6. The maximum Gasteiger partial charge on any atom is 0.271 e. The molecular weight excluding hydrogens is 308 g/mol. The van der Waals surface area contributed by atoms with E-state index in [9.17, 15) is 9.59 Å². The Morgan fingerprint density at radius 1 is 1.17 bits per heavy atom. The monoisotopic (exact) mass is 324 g/mol. The highest BCUT2D eigenvalue weighted by Crippen LogP contribution is 2.13. The van der Waals surface area contributed by atoms with Gasteiger partial charge in [-0.05, 0) is 18.2 Å². The lowest BCUT2D eigenvalue weighted by molar-refractivity contribution is 0.0945. The number of carbonyl (C=O) groups is 1. The van der Waals surface area contributed by atoms with E-state index in [-0.39, 0.29) is 17.2 Å².